The highest BCUT2D eigenvalue weighted by Gasteiger charge is 2.20. The predicted molar refractivity (Wildman–Crippen MR) is 122 cm³/mol. The van der Waals surface area contributed by atoms with Crippen molar-refractivity contribution in [1.82, 2.24) is 4.89 Å². The van der Waals surface area contributed by atoms with Gasteiger partial charge in [0.05, 0.1) is 4.90 Å². The van der Waals surface area contributed by atoms with E-state index in [1.54, 1.807) is 12.1 Å². The van der Waals surface area contributed by atoms with Crippen molar-refractivity contribution in [1.29, 1.82) is 0 Å². The molecular formula is C23H34N2O4S. The monoisotopic (exact) mass is 434 g/mol. The second-order valence-corrected chi connectivity index (χ2v) is 9.42. The summed E-state index contributed by atoms with van der Waals surface area (Å²) in [6.45, 7) is 2.20. The molecule has 0 spiro atoms. The zero-order valence-corrected chi connectivity index (χ0v) is 19.1. The van der Waals surface area contributed by atoms with Gasteiger partial charge in [-0.05, 0) is 23.4 Å². The molecule has 1 N–H and O–H groups in total. The second kappa shape index (κ2) is 11.9. The number of carbonyl (C=O) groups is 1. The van der Waals surface area contributed by atoms with Crippen LogP contribution >= 0.6 is 0 Å². The molecule has 0 bridgehead atoms. The number of hydrogen-bond donors (Lipinski definition) is 1. The van der Waals surface area contributed by atoms with Gasteiger partial charge < -0.3 is 9.74 Å². The number of nitrogens with zero attached hydrogens (tertiary/aromatic N) is 1. The molecule has 0 radical (unpaired) electrons. The van der Waals surface area contributed by atoms with Crippen LogP contribution in [0.4, 0.5) is 5.69 Å². The molecule has 0 saturated heterocycles. The number of unbranched alkanes of at least 4 members (excludes halogenated alkanes) is 7. The molecule has 0 aliphatic heterocycles. The van der Waals surface area contributed by atoms with Gasteiger partial charge in [0.15, 0.2) is 0 Å². The van der Waals surface area contributed by atoms with Crippen molar-refractivity contribution >= 4 is 32.5 Å². The molecule has 0 aromatic heterocycles. The van der Waals surface area contributed by atoms with Gasteiger partial charge in [0.2, 0.25) is 0 Å². The van der Waals surface area contributed by atoms with E-state index in [0.29, 0.717) is 11.8 Å². The number of sulfonamides is 1. The van der Waals surface area contributed by atoms with Crippen molar-refractivity contribution in [2.75, 3.05) is 19.0 Å². The van der Waals surface area contributed by atoms with Crippen LogP contribution in [-0.4, -0.2) is 28.5 Å². The fourth-order valence-electron chi connectivity index (χ4n) is 3.49. The third kappa shape index (κ3) is 6.99. The summed E-state index contributed by atoms with van der Waals surface area (Å²) in [7, 11) is -0.176. The molecule has 166 valence electrons. The summed E-state index contributed by atoms with van der Waals surface area (Å²) in [5.41, 5.74) is 0.913. The van der Waals surface area contributed by atoms with E-state index >= 15 is 0 Å². The quantitative estimate of drug-likeness (QED) is 0.347. The minimum atomic E-state index is -3.98. The van der Waals surface area contributed by atoms with Gasteiger partial charge in [-0.15, -0.1) is 0 Å². The molecule has 0 aliphatic rings. The van der Waals surface area contributed by atoms with Crippen LogP contribution in [0.25, 0.3) is 10.8 Å². The maximum Gasteiger partial charge on any atom is 0.326 e. The summed E-state index contributed by atoms with van der Waals surface area (Å²) in [5.74, 6) is -0.557. The summed E-state index contributed by atoms with van der Waals surface area (Å²) < 4.78 is 25.5. The van der Waals surface area contributed by atoms with E-state index in [2.05, 4.69) is 6.92 Å². The van der Waals surface area contributed by atoms with Crippen LogP contribution in [0.3, 0.4) is 0 Å². The summed E-state index contributed by atoms with van der Waals surface area (Å²) >= 11 is 0. The molecule has 0 aliphatic carbocycles. The Balaban J connectivity index is 1.88. The molecule has 0 heterocycles. The fourth-order valence-corrected chi connectivity index (χ4v) is 4.51. The van der Waals surface area contributed by atoms with Crippen molar-refractivity contribution in [2.45, 2.75) is 69.6 Å². The lowest BCUT2D eigenvalue weighted by Crippen LogP contribution is -2.27. The molecule has 6 nitrogen and oxygen atoms in total. The van der Waals surface area contributed by atoms with Crippen molar-refractivity contribution in [3.8, 4) is 0 Å². The maximum absolute atomic E-state index is 12.7. The molecule has 0 saturated carbocycles. The summed E-state index contributed by atoms with van der Waals surface area (Å²) in [6, 6.07) is 10.6. The van der Waals surface area contributed by atoms with Crippen LogP contribution < -0.4 is 9.79 Å². The first-order chi connectivity index (χ1) is 14.4. The number of nitrogens with one attached hydrogen (secondary N) is 1. The lowest BCUT2D eigenvalue weighted by atomic mass is 10.1. The highest BCUT2D eigenvalue weighted by molar-refractivity contribution is 7.89. The number of benzene rings is 2. The third-order valence-electron chi connectivity index (χ3n) is 5.13. The van der Waals surface area contributed by atoms with Crippen molar-refractivity contribution in [3.63, 3.8) is 0 Å². The predicted octanol–water partition coefficient (Wildman–Crippen LogP) is 5.17. The highest BCUT2D eigenvalue weighted by Crippen LogP contribution is 2.30. The lowest BCUT2D eigenvalue weighted by molar-refractivity contribution is -0.147. The molecule has 7 heteroatoms. The average Bonchev–Trinajstić information content (AvgIpc) is 2.73. The zero-order chi connectivity index (χ0) is 22.0. The zero-order valence-electron chi connectivity index (χ0n) is 18.3. The lowest BCUT2D eigenvalue weighted by Gasteiger charge is -2.17. The largest absolute Gasteiger partial charge is 0.377 e. The number of carbonyl (C=O) groups excluding carboxylic acids is 1. The Bertz CT molecular complexity index is 926. The molecule has 2 aromatic carbocycles. The Kier molecular flexibility index (Phi) is 9.59. The van der Waals surface area contributed by atoms with Gasteiger partial charge in [0.1, 0.15) is 0 Å². The highest BCUT2D eigenvalue weighted by atomic mass is 32.2. The summed E-state index contributed by atoms with van der Waals surface area (Å²) in [6.07, 6.45) is 9.14. The minimum Gasteiger partial charge on any atom is -0.377 e. The average molecular weight is 435 g/mol. The van der Waals surface area contributed by atoms with E-state index < -0.39 is 16.0 Å². The van der Waals surface area contributed by atoms with Gasteiger partial charge in [-0.1, -0.05) is 76.1 Å². The van der Waals surface area contributed by atoms with Crippen LogP contribution in [0.5, 0.6) is 0 Å². The maximum atomic E-state index is 12.7. The Labute approximate surface area is 180 Å². The van der Waals surface area contributed by atoms with Crippen molar-refractivity contribution in [2.24, 2.45) is 0 Å². The SMILES string of the molecule is CCCCCCCCCCC(=O)ONS(=O)(=O)c1cccc2c(N(C)C)cccc12. The molecule has 0 unspecified atom stereocenters. The summed E-state index contributed by atoms with van der Waals surface area (Å²) in [5, 5.41) is 1.39. The van der Waals surface area contributed by atoms with Gasteiger partial charge in [-0.25, -0.2) is 8.42 Å². The first kappa shape index (κ1) is 24.2. The molecular weight excluding hydrogens is 400 g/mol. The van der Waals surface area contributed by atoms with Crippen LogP contribution in [0.15, 0.2) is 41.3 Å². The molecule has 0 fully saturated rings. The van der Waals surface area contributed by atoms with Gasteiger partial charge in [0, 0.05) is 37.0 Å². The fraction of sp³-hybridized carbons (Fsp3) is 0.522. The van der Waals surface area contributed by atoms with Gasteiger partial charge in [-0.2, -0.15) is 0 Å². The van der Waals surface area contributed by atoms with E-state index in [-0.39, 0.29) is 11.3 Å². The van der Waals surface area contributed by atoms with Crippen LogP contribution in [0.2, 0.25) is 0 Å². The Morgan fingerprint density at radius 1 is 0.900 bits per heavy atom. The number of rotatable bonds is 13. The van der Waals surface area contributed by atoms with Crippen molar-refractivity contribution in [3.05, 3.63) is 36.4 Å². The Morgan fingerprint density at radius 3 is 2.17 bits per heavy atom. The van der Waals surface area contributed by atoms with Gasteiger partial charge >= 0.3 is 5.97 Å². The third-order valence-corrected chi connectivity index (χ3v) is 6.37. The Hall–Kier alpha value is -2.12. The first-order valence-electron chi connectivity index (χ1n) is 10.8. The minimum absolute atomic E-state index is 0.0866. The normalized spacial score (nSPS) is 11.6. The van der Waals surface area contributed by atoms with Gasteiger partial charge in [0.25, 0.3) is 10.0 Å². The molecule has 2 aromatic rings. The number of fused-ring (bicyclic) bond motifs is 1. The number of hydrogen-bond acceptors (Lipinski definition) is 5. The standard InChI is InChI=1S/C23H34N2O4S/c1-4-5-6-7-8-9-10-11-18-23(26)29-24-30(27,28)22-17-13-14-19-20(22)15-12-16-21(19)25(2)3/h12-17,24H,4-11,18H2,1-3H3. The van der Waals surface area contributed by atoms with Crippen LogP contribution in [0, 0.1) is 0 Å². The van der Waals surface area contributed by atoms with Crippen LogP contribution in [0.1, 0.15) is 64.7 Å². The topological polar surface area (TPSA) is 75.7 Å². The van der Waals surface area contributed by atoms with E-state index in [4.69, 9.17) is 4.84 Å². The Morgan fingerprint density at radius 2 is 1.50 bits per heavy atom. The second-order valence-electron chi connectivity index (χ2n) is 7.81. The van der Waals surface area contributed by atoms with E-state index in [1.165, 1.54) is 38.2 Å². The smallest absolute Gasteiger partial charge is 0.326 e. The first-order valence-corrected chi connectivity index (χ1v) is 12.3. The summed E-state index contributed by atoms with van der Waals surface area (Å²) in [4.78, 5) is 20.8. The molecule has 30 heavy (non-hydrogen) atoms. The van der Waals surface area contributed by atoms with E-state index in [0.717, 1.165) is 23.9 Å². The van der Waals surface area contributed by atoms with E-state index in [9.17, 15) is 13.2 Å². The van der Waals surface area contributed by atoms with Crippen LogP contribution in [-0.2, 0) is 19.7 Å². The van der Waals surface area contributed by atoms with Crippen molar-refractivity contribution < 1.29 is 18.0 Å². The molecule has 0 amide bonds. The number of anilines is 1. The van der Waals surface area contributed by atoms with Gasteiger partial charge in [-0.3, -0.25) is 4.79 Å². The molecule has 2 rings (SSSR count). The van der Waals surface area contributed by atoms with E-state index in [1.807, 2.05) is 42.1 Å². The molecule has 0 atom stereocenters.